The van der Waals surface area contributed by atoms with Crippen molar-refractivity contribution in [2.75, 3.05) is 0 Å². The van der Waals surface area contributed by atoms with Crippen LogP contribution in [0, 0.1) is 17.2 Å². The van der Waals surface area contributed by atoms with Crippen LogP contribution in [0.5, 0.6) is 0 Å². The Bertz CT molecular complexity index is 1540. The number of benzene rings is 3. The monoisotopic (exact) mass is 429 g/mol. The maximum Gasteiger partial charge on any atom is 0.234 e. The number of carbonyl (C=O) groups excluding carboxylic acids is 1. The molecule has 2 heterocycles. The Morgan fingerprint density at radius 1 is 0.848 bits per heavy atom. The number of hydrogen-bond donors (Lipinski definition) is 0. The first kappa shape index (κ1) is 19.6. The van der Waals surface area contributed by atoms with Crippen LogP contribution in [0.15, 0.2) is 85.2 Å². The van der Waals surface area contributed by atoms with Crippen LogP contribution >= 0.6 is 0 Å². The molecule has 0 unspecified atom stereocenters. The van der Waals surface area contributed by atoms with Crippen LogP contribution in [0.25, 0.3) is 32.9 Å². The molecule has 3 aromatic carbocycles. The largest absolute Gasteiger partial charge is 0.343 e. The standard InChI is InChI=1S/C29H23N3O/c30-18-20-4-6-21(7-5-20)19-31-14-12-22-8-10-25(16-27(22)31)26-11-9-23-13-15-32(28(23)17-26)29(33)24-2-1-3-24/h4-17,24H,1-3,19H2. The summed E-state index contributed by atoms with van der Waals surface area (Å²) >= 11 is 0. The summed E-state index contributed by atoms with van der Waals surface area (Å²) < 4.78 is 4.08. The van der Waals surface area contributed by atoms with Gasteiger partial charge in [-0.15, -0.1) is 0 Å². The summed E-state index contributed by atoms with van der Waals surface area (Å²) in [5.74, 6) is 0.395. The van der Waals surface area contributed by atoms with E-state index in [1.165, 1.54) is 5.39 Å². The summed E-state index contributed by atoms with van der Waals surface area (Å²) in [5, 5.41) is 11.3. The van der Waals surface area contributed by atoms with E-state index in [-0.39, 0.29) is 11.8 Å². The minimum absolute atomic E-state index is 0.172. The average Bonchev–Trinajstić information content (AvgIpc) is 3.42. The van der Waals surface area contributed by atoms with Gasteiger partial charge in [-0.2, -0.15) is 5.26 Å². The van der Waals surface area contributed by atoms with E-state index < -0.39 is 0 Å². The van der Waals surface area contributed by atoms with Crippen molar-refractivity contribution in [3.05, 3.63) is 96.3 Å². The van der Waals surface area contributed by atoms with Crippen LogP contribution in [0.2, 0.25) is 0 Å². The predicted octanol–water partition coefficient (Wildman–Crippen LogP) is 6.62. The van der Waals surface area contributed by atoms with Crippen molar-refractivity contribution < 1.29 is 4.79 Å². The first-order valence-corrected chi connectivity index (χ1v) is 11.4. The normalized spacial score (nSPS) is 13.8. The van der Waals surface area contributed by atoms with Gasteiger partial charge in [0.15, 0.2) is 0 Å². The molecule has 0 N–H and O–H groups in total. The molecule has 160 valence electrons. The summed E-state index contributed by atoms with van der Waals surface area (Å²) in [4.78, 5) is 12.9. The molecule has 0 atom stereocenters. The molecule has 33 heavy (non-hydrogen) atoms. The van der Waals surface area contributed by atoms with Gasteiger partial charge in [-0.25, -0.2) is 0 Å². The molecule has 4 heteroatoms. The Kier molecular flexibility index (Phi) is 4.62. The molecule has 0 radical (unpaired) electrons. The lowest BCUT2D eigenvalue weighted by Crippen LogP contribution is -2.26. The van der Waals surface area contributed by atoms with E-state index in [0.717, 1.165) is 58.9 Å². The van der Waals surface area contributed by atoms with E-state index in [0.29, 0.717) is 5.56 Å². The van der Waals surface area contributed by atoms with Gasteiger partial charge in [0.2, 0.25) is 5.91 Å². The highest BCUT2D eigenvalue weighted by molar-refractivity contribution is 5.96. The lowest BCUT2D eigenvalue weighted by atomic mass is 9.85. The van der Waals surface area contributed by atoms with E-state index >= 15 is 0 Å². The molecule has 1 aliphatic carbocycles. The van der Waals surface area contributed by atoms with Gasteiger partial charge < -0.3 is 4.57 Å². The fourth-order valence-electron chi connectivity index (χ4n) is 4.73. The Labute approximate surface area is 192 Å². The van der Waals surface area contributed by atoms with E-state index in [9.17, 15) is 4.79 Å². The molecule has 0 aliphatic heterocycles. The van der Waals surface area contributed by atoms with Crippen LogP contribution in [0.3, 0.4) is 0 Å². The lowest BCUT2D eigenvalue weighted by molar-refractivity contribution is 0.0770. The third kappa shape index (κ3) is 3.43. The Balaban J connectivity index is 1.37. The summed E-state index contributed by atoms with van der Waals surface area (Å²) in [7, 11) is 0. The zero-order valence-electron chi connectivity index (χ0n) is 18.2. The SMILES string of the molecule is N#Cc1ccc(Cn2ccc3ccc(-c4ccc5ccn(C(=O)C6CCC6)c5c4)cc32)cc1. The van der Waals surface area contributed by atoms with Crippen molar-refractivity contribution >= 4 is 27.7 Å². The molecule has 0 spiro atoms. The van der Waals surface area contributed by atoms with E-state index in [4.69, 9.17) is 5.26 Å². The Morgan fingerprint density at radius 2 is 1.52 bits per heavy atom. The molecule has 0 bridgehead atoms. The number of nitriles is 1. The van der Waals surface area contributed by atoms with Gasteiger partial charge in [0.05, 0.1) is 17.1 Å². The fraction of sp³-hybridized carbons (Fsp3) is 0.172. The second-order valence-corrected chi connectivity index (χ2v) is 8.95. The second-order valence-electron chi connectivity index (χ2n) is 8.95. The zero-order valence-corrected chi connectivity index (χ0v) is 18.2. The van der Waals surface area contributed by atoms with Crippen molar-refractivity contribution in [1.82, 2.24) is 9.13 Å². The second kappa shape index (κ2) is 7.79. The molecule has 0 amide bonds. The van der Waals surface area contributed by atoms with E-state index in [2.05, 4.69) is 59.3 Å². The van der Waals surface area contributed by atoms with Crippen LogP contribution in [-0.4, -0.2) is 15.0 Å². The molecule has 1 aliphatic rings. The van der Waals surface area contributed by atoms with Gasteiger partial charge in [0.1, 0.15) is 0 Å². The number of hydrogen-bond acceptors (Lipinski definition) is 2. The number of nitrogens with zero attached hydrogens (tertiary/aromatic N) is 3. The van der Waals surface area contributed by atoms with E-state index in [1.807, 2.05) is 41.1 Å². The van der Waals surface area contributed by atoms with Crippen molar-refractivity contribution in [3.8, 4) is 17.2 Å². The molecular weight excluding hydrogens is 406 g/mol. The zero-order chi connectivity index (χ0) is 22.4. The van der Waals surface area contributed by atoms with Gasteiger partial charge in [0.25, 0.3) is 0 Å². The summed E-state index contributed by atoms with van der Waals surface area (Å²) in [5.41, 5.74) is 6.22. The molecule has 1 fully saturated rings. The molecular formula is C29H23N3O. The highest BCUT2D eigenvalue weighted by Crippen LogP contribution is 2.32. The summed E-state index contributed by atoms with van der Waals surface area (Å²) in [6.45, 7) is 0.746. The third-order valence-corrected chi connectivity index (χ3v) is 6.93. The number of fused-ring (bicyclic) bond motifs is 2. The number of carbonyl (C=O) groups is 1. The topological polar surface area (TPSA) is 50.7 Å². The molecule has 2 aromatic heterocycles. The number of aromatic nitrogens is 2. The quantitative estimate of drug-likeness (QED) is 0.322. The third-order valence-electron chi connectivity index (χ3n) is 6.93. The highest BCUT2D eigenvalue weighted by atomic mass is 16.2. The average molecular weight is 430 g/mol. The lowest BCUT2D eigenvalue weighted by Gasteiger charge is -2.24. The highest BCUT2D eigenvalue weighted by Gasteiger charge is 2.27. The molecule has 4 nitrogen and oxygen atoms in total. The Morgan fingerprint density at radius 3 is 2.18 bits per heavy atom. The molecule has 1 saturated carbocycles. The maximum absolute atomic E-state index is 12.9. The van der Waals surface area contributed by atoms with Crippen molar-refractivity contribution in [3.63, 3.8) is 0 Å². The first-order chi connectivity index (χ1) is 16.2. The number of rotatable bonds is 4. The van der Waals surface area contributed by atoms with Crippen LogP contribution in [-0.2, 0) is 6.54 Å². The van der Waals surface area contributed by atoms with Gasteiger partial charge in [0, 0.05) is 35.8 Å². The van der Waals surface area contributed by atoms with Gasteiger partial charge in [-0.3, -0.25) is 9.36 Å². The molecule has 6 rings (SSSR count). The molecule has 0 saturated heterocycles. The van der Waals surface area contributed by atoms with Crippen molar-refractivity contribution in [1.29, 1.82) is 5.26 Å². The van der Waals surface area contributed by atoms with Crippen LogP contribution in [0.1, 0.15) is 35.2 Å². The smallest absolute Gasteiger partial charge is 0.234 e. The van der Waals surface area contributed by atoms with Gasteiger partial charge in [-0.1, -0.05) is 42.8 Å². The summed E-state index contributed by atoms with van der Waals surface area (Å²) in [6, 6.07) is 27.0. The summed E-state index contributed by atoms with van der Waals surface area (Å²) in [6.07, 6.45) is 7.19. The fourth-order valence-corrected chi connectivity index (χ4v) is 4.73. The van der Waals surface area contributed by atoms with Crippen molar-refractivity contribution in [2.45, 2.75) is 25.8 Å². The Hall–Kier alpha value is -4.10. The first-order valence-electron chi connectivity index (χ1n) is 11.4. The van der Waals surface area contributed by atoms with Crippen LogP contribution in [0.4, 0.5) is 0 Å². The van der Waals surface area contributed by atoms with Gasteiger partial charge >= 0.3 is 0 Å². The molecule has 5 aromatic rings. The van der Waals surface area contributed by atoms with Crippen LogP contribution < -0.4 is 0 Å². The van der Waals surface area contributed by atoms with E-state index in [1.54, 1.807) is 0 Å². The maximum atomic E-state index is 12.9. The predicted molar refractivity (Wildman–Crippen MR) is 131 cm³/mol. The van der Waals surface area contributed by atoms with Gasteiger partial charge in [-0.05, 0) is 71.3 Å². The van der Waals surface area contributed by atoms with Crippen molar-refractivity contribution in [2.24, 2.45) is 5.92 Å². The minimum atomic E-state index is 0.172. The minimum Gasteiger partial charge on any atom is -0.343 e.